The van der Waals surface area contributed by atoms with Crippen LogP contribution >= 0.6 is 0 Å². The van der Waals surface area contributed by atoms with Gasteiger partial charge in [-0.2, -0.15) is 0 Å². The van der Waals surface area contributed by atoms with Crippen molar-refractivity contribution in [3.63, 3.8) is 0 Å². The normalized spacial score (nSPS) is 11.9. The highest BCUT2D eigenvalue weighted by atomic mass is 16.5. The Balaban J connectivity index is 1.68. The molecular weight excluding hydrogens is 262 g/mol. The van der Waals surface area contributed by atoms with Crippen LogP contribution in [0.3, 0.4) is 0 Å². The maximum atomic E-state index is 5.73. The molecule has 2 rings (SSSR count). The molecule has 0 saturated carbocycles. The number of rotatable bonds is 8. The first-order valence-corrected chi connectivity index (χ1v) is 7.32. The molecule has 2 aromatic carbocycles. The van der Waals surface area contributed by atoms with Gasteiger partial charge in [0.2, 0.25) is 0 Å². The molecule has 0 heterocycles. The highest BCUT2D eigenvalue weighted by Crippen LogP contribution is 2.25. The first-order valence-electron chi connectivity index (χ1n) is 7.32. The van der Waals surface area contributed by atoms with Gasteiger partial charge in [-0.3, -0.25) is 0 Å². The molecule has 0 spiro atoms. The van der Waals surface area contributed by atoms with Gasteiger partial charge in [0.15, 0.2) is 11.5 Å². The Bertz CT molecular complexity index is 528. The summed E-state index contributed by atoms with van der Waals surface area (Å²) in [5, 5.41) is 3.43. The van der Waals surface area contributed by atoms with E-state index in [0.717, 1.165) is 24.6 Å². The van der Waals surface area contributed by atoms with Gasteiger partial charge < -0.3 is 14.8 Å². The molecule has 0 radical (unpaired) electrons. The van der Waals surface area contributed by atoms with Gasteiger partial charge >= 0.3 is 0 Å². The molecule has 112 valence electrons. The van der Waals surface area contributed by atoms with Crippen molar-refractivity contribution >= 4 is 0 Å². The fourth-order valence-electron chi connectivity index (χ4n) is 2.19. The lowest BCUT2D eigenvalue weighted by atomic mass is 10.0. The van der Waals surface area contributed by atoms with Gasteiger partial charge in [-0.1, -0.05) is 49.4 Å². The lowest BCUT2D eigenvalue weighted by Gasteiger charge is -2.14. The van der Waals surface area contributed by atoms with Gasteiger partial charge in [-0.15, -0.1) is 0 Å². The summed E-state index contributed by atoms with van der Waals surface area (Å²) in [6.45, 7) is 4.61. The molecule has 3 nitrogen and oxygen atoms in total. The minimum absolute atomic E-state index is 0.498. The minimum Gasteiger partial charge on any atom is -0.493 e. The molecule has 0 aliphatic carbocycles. The molecule has 3 heteroatoms. The monoisotopic (exact) mass is 285 g/mol. The van der Waals surface area contributed by atoms with Crippen LogP contribution in [-0.2, 0) is 0 Å². The summed E-state index contributed by atoms with van der Waals surface area (Å²) in [5.74, 6) is 2.06. The number of nitrogens with one attached hydrogen (secondary N) is 1. The second kappa shape index (κ2) is 8.32. The number of para-hydroxylation sites is 2. The first-order chi connectivity index (χ1) is 10.3. The Morgan fingerprint density at radius 3 is 2.33 bits per heavy atom. The third-order valence-corrected chi connectivity index (χ3v) is 3.42. The molecule has 0 amide bonds. The molecule has 0 bridgehead atoms. The molecule has 1 N–H and O–H groups in total. The smallest absolute Gasteiger partial charge is 0.161 e. The minimum atomic E-state index is 0.498. The molecule has 0 fully saturated rings. The molecule has 1 atom stereocenters. The average Bonchev–Trinajstić information content (AvgIpc) is 2.55. The van der Waals surface area contributed by atoms with E-state index in [-0.39, 0.29) is 0 Å². The van der Waals surface area contributed by atoms with Crippen molar-refractivity contribution in [2.45, 2.75) is 12.8 Å². The van der Waals surface area contributed by atoms with E-state index in [9.17, 15) is 0 Å². The van der Waals surface area contributed by atoms with Gasteiger partial charge in [-0.25, -0.2) is 0 Å². The Hall–Kier alpha value is -2.00. The summed E-state index contributed by atoms with van der Waals surface area (Å²) < 4.78 is 11.0. The molecule has 0 aliphatic rings. The Labute approximate surface area is 126 Å². The van der Waals surface area contributed by atoms with Crippen LogP contribution in [0, 0.1) is 0 Å². The molecular formula is C18H23NO2. The number of hydrogen-bond acceptors (Lipinski definition) is 3. The number of methoxy groups -OCH3 is 1. The van der Waals surface area contributed by atoms with Crippen molar-refractivity contribution in [1.29, 1.82) is 0 Å². The van der Waals surface area contributed by atoms with Gasteiger partial charge in [-0.05, 0) is 23.6 Å². The van der Waals surface area contributed by atoms with E-state index >= 15 is 0 Å². The summed E-state index contributed by atoms with van der Waals surface area (Å²) in [7, 11) is 1.65. The zero-order valence-corrected chi connectivity index (χ0v) is 12.7. The maximum Gasteiger partial charge on any atom is 0.161 e. The van der Waals surface area contributed by atoms with Crippen molar-refractivity contribution in [2.24, 2.45) is 0 Å². The largest absolute Gasteiger partial charge is 0.493 e. The van der Waals surface area contributed by atoms with Crippen molar-refractivity contribution in [3.05, 3.63) is 60.2 Å². The summed E-state index contributed by atoms with van der Waals surface area (Å²) >= 11 is 0. The second-order valence-electron chi connectivity index (χ2n) is 5.02. The summed E-state index contributed by atoms with van der Waals surface area (Å²) in [5.41, 5.74) is 1.36. The van der Waals surface area contributed by atoms with E-state index in [1.165, 1.54) is 5.56 Å². The van der Waals surface area contributed by atoms with E-state index in [4.69, 9.17) is 9.47 Å². The van der Waals surface area contributed by atoms with Crippen molar-refractivity contribution in [3.8, 4) is 11.5 Å². The van der Waals surface area contributed by atoms with Gasteiger partial charge in [0.05, 0.1) is 7.11 Å². The third kappa shape index (κ3) is 4.80. The highest BCUT2D eigenvalue weighted by molar-refractivity contribution is 5.39. The van der Waals surface area contributed by atoms with Crippen LogP contribution in [0.1, 0.15) is 18.4 Å². The van der Waals surface area contributed by atoms with Crippen LogP contribution in [-0.4, -0.2) is 26.8 Å². The van der Waals surface area contributed by atoms with E-state index < -0.39 is 0 Å². The Morgan fingerprint density at radius 2 is 1.62 bits per heavy atom. The standard InChI is InChI=1S/C18H23NO2/c1-15(16-8-4-3-5-9-16)14-19-12-13-21-18-11-7-6-10-17(18)20-2/h3-11,15,19H,12-14H2,1-2H3. The van der Waals surface area contributed by atoms with Crippen LogP contribution in [0.5, 0.6) is 11.5 Å². The molecule has 0 aromatic heterocycles. The van der Waals surface area contributed by atoms with Crippen molar-refractivity contribution in [1.82, 2.24) is 5.32 Å². The SMILES string of the molecule is COc1ccccc1OCCNCC(C)c1ccccc1. The van der Waals surface area contributed by atoms with Crippen LogP contribution in [0.25, 0.3) is 0 Å². The van der Waals surface area contributed by atoms with E-state index in [2.05, 4.69) is 36.5 Å². The maximum absolute atomic E-state index is 5.73. The zero-order valence-electron chi connectivity index (χ0n) is 12.7. The fraction of sp³-hybridized carbons (Fsp3) is 0.333. The topological polar surface area (TPSA) is 30.5 Å². The van der Waals surface area contributed by atoms with E-state index in [1.807, 2.05) is 30.3 Å². The molecule has 1 unspecified atom stereocenters. The van der Waals surface area contributed by atoms with Crippen LogP contribution in [0.4, 0.5) is 0 Å². The third-order valence-electron chi connectivity index (χ3n) is 3.42. The van der Waals surface area contributed by atoms with E-state index in [0.29, 0.717) is 12.5 Å². The number of ether oxygens (including phenoxy) is 2. The quantitative estimate of drug-likeness (QED) is 0.753. The molecule has 2 aromatic rings. The molecule has 21 heavy (non-hydrogen) atoms. The lowest BCUT2D eigenvalue weighted by molar-refractivity contribution is 0.291. The lowest BCUT2D eigenvalue weighted by Crippen LogP contribution is -2.25. The predicted molar refractivity (Wildman–Crippen MR) is 86.2 cm³/mol. The van der Waals surface area contributed by atoms with Gasteiger partial charge in [0.1, 0.15) is 6.61 Å². The van der Waals surface area contributed by atoms with Crippen molar-refractivity contribution in [2.75, 3.05) is 26.8 Å². The summed E-state index contributed by atoms with van der Waals surface area (Å²) in [6, 6.07) is 18.2. The Morgan fingerprint density at radius 1 is 0.952 bits per heavy atom. The first kappa shape index (κ1) is 15.4. The van der Waals surface area contributed by atoms with Crippen LogP contribution in [0.2, 0.25) is 0 Å². The highest BCUT2D eigenvalue weighted by Gasteiger charge is 2.04. The van der Waals surface area contributed by atoms with E-state index in [1.54, 1.807) is 7.11 Å². The second-order valence-corrected chi connectivity index (χ2v) is 5.02. The Kier molecular flexibility index (Phi) is 6.10. The summed E-state index contributed by atoms with van der Waals surface area (Å²) in [6.07, 6.45) is 0. The predicted octanol–water partition coefficient (Wildman–Crippen LogP) is 3.47. The molecule has 0 aliphatic heterocycles. The average molecular weight is 285 g/mol. The number of benzene rings is 2. The number of hydrogen-bond donors (Lipinski definition) is 1. The van der Waals surface area contributed by atoms with Gasteiger partial charge in [0.25, 0.3) is 0 Å². The van der Waals surface area contributed by atoms with Crippen LogP contribution in [0.15, 0.2) is 54.6 Å². The van der Waals surface area contributed by atoms with Crippen LogP contribution < -0.4 is 14.8 Å². The fourth-order valence-corrected chi connectivity index (χ4v) is 2.19. The zero-order chi connectivity index (χ0) is 14.9. The van der Waals surface area contributed by atoms with Gasteiger partial charge in [0, 0.05) is 13.1 Å². The van der Waals surface area contributed by atoms with Crippen molar-refractivity contribution < 1.29 is 9.47 Å². The summed E-state index contributed by atoms with van der Waals surface area (Å²) in [4.78, 5) is 0. The molecule has 0 saturated heterocycles.